The van der Waals surface area contributed by atoms with Gasteiger partial charge in [0, 0.05) is 25.3 Å². The first-order chi connectivity index (χ1) is 13.1. The first-order valence-corrected chi connectivity index (χ1v) is 9.88. The minimum Gasteiger partial charge on any atom is -0.481 e. The molecule has 2 atom stereocenters. The first kappa shape index (κ1) is 16.9. The van der Waals surface area contributed by atoms with E-state index in [1.807, 2.05) is 4.68 Å². The first-order valence-electron chi connectivity index (χ1n) is 9.88. The van der Waals surface area contributed by atoms with E-state index in [1.54, 1.807) is 12.1 Å². The van der Waals surface area contributed by atoms with E-state index >= 15 is 0 Å². The van der Waals surface area contributed by atoms with Gasteiger partial charge in [0.15, 0.2) is 0 Å². The number of fused-ring (bicyclic) bond motifs is 2. The molecule has 2 fully saturated rings. The molecule has 6 heteroatoms. The third kappa shape index (κ3) is 2.61. The van der Waals surface area contributed by atoms with E-state index < -0.39 is 11.4 Å². The Bertz CT molecular complexity index is 892. The summed E-state index contributed by atoms with van der Waals surface area (Å²) in [6.45, 7) is 2.19. The molecule has 1 aliphatic heterocycles. The minimum absolute atomic E-state index is 0.245. The summed E-state index contributed by atoms with van der Waals surface area (Å²) >= 11 is 0. The van der Waals surface area contributed by atoms with Gasteiger partial charge >= 0.3 is 5.97 Å². The summed E-state index contributed by atoms with van der Waals surface area (Å²) < 4.78 is 15.2. The van der Waals surface area contributed by atoms with E-state index in [0.717, 1.165) is 56.5 Å². The van der Waals surface area contributed by atoms with Crippen LogP contribution < -0.4 is 0 Å². The van der Waals surface area contributed by atoms with Gasteiger partial charge in [-0.05, 0) is 67.9 Å². The quantitative estimate of drug-likeness (QED) is 0.899. The number of carbonyl (C=O) groups is 1. The van der Waals surface area contributed by atoms with Crippen LogP contribution in [0.4, 0.5) is 4.39 Å². The fourth-order valence-corrected chi connectivity index (χ4v) is 5.51. The van der Waals surface area contributed by atoms with Crippen molar-refractivity contribution in [3.63, 3.8) is 0 Å². The largest absolute Gasteiger partial charge is 0.481 e. The zero-order valence-electron chi connectivity index (χ0n) is 15.3. The Labute approximate surface area is 157 Å². The Balaban J connectivity index is 1.43. The highest BCUT2D eigenvalue weighted by Gasteiger charge is 2.54. The van der Waals surface area contributed by atoms with Crippen molar-refractivity contribution in [2.75, 3.05) is 13.1 Å². The molecule has 5 nitrogen and oxygen atoms in total. The Morgan fingerprint density at radius 1 is 1.26 bits per heavy atom. The molecule has 5 rings (SSSR count). The molecule has 1 saturated carbocycles. The van der Waals surface area contributed by atoms with Crippen molar-refractivity contribution in [1.29, 1.82) is 0 Å². The highest BCUT2D eigenvalue weighted by atomic mass is 19.1. The molecule has 2 aromatic rings. The van der Waals surface area contributed by atoms with Crippen molar-refractivity contribution in [2.45, 2.75) is 45.1 Å². The fraction of sp³-hybridized carbons (Fsp3) is 0.524. The summed E-state index contributed by atoms with van der Waals surface area (Å²) in [6.07, 6.45) is 5.97. The third-order valence-corrected chi connectivity index (χ3v) is 6.83. The van der Waals surface area contributed by atoms with Crippen LogP contribution in [0.5, 0.6) is 0 Å². The summed E-state index contributed by atoms with van der Waals surface area (Å²) in [5.41, 5.74) is 3.93. The van der Waals surface area contributed by atoms with Crippen LogP contribution in [0.3, 0.4) is 0 Å². The van der Waals surface area contributed by atoms with Gasteiger partial charge in [-0.3, -0.25) is 9.69 Å². The lowest BCUT2D eigenvalue weighted by atomic mass is 9.81. The van der Waals surface area contributed by atoms with Gasteiger partial charge in [0.05, 0.1) is 16.8 Å². The Hall–Kier alpha value is -2.21. The summed E-state index contributed by atoms with van der Waals surface area (Å²) in [4.78, 5) is 14.2. The van der Waals surface area contributed by atoms with E-state index in [2.05, 4.69) is 4.90 Å². The smallest absolute Gasteiger partial charge is 0.311 e. The number of nitrogens with zero attached hydrogens (tertiary/aromatic N) is 3. The van der Waals surface area contributed by atoms with E-state index in [-0.39, 0.29) is 11.7 Å². The lowest BCUT2D eigenvalue weighted by Crippen LogP contribution is -2.35. The SMILES string of the molecule is O=C(O)[C@@]12CCC[C@H]1CN(Cc1nn(-c3ccc(F)cc3)c3c1CCC3)C2. The zero-order chi connectivity index (χ0) is 18.6. The van der Waals surface area contributed by atoms with Gasteiger partial charge < -0.3 is 5.11 Å². The highest BCUT2D eigenvalue weighted by Crippen LogP contribution is 2.49. The van der Waals surface area contributed by atoms with E-state index in [9.17, 15) is 14.3 Å². The molecule has 0 bridgehead atoms. The number of aliphatic carboxylic acids is 1. The molecule has 0 unspecified atom stereocenters. The van der Waals surface area contributed by atoms with Gasteiger partial charge in [0.2, 0.25) is 0 Å². The van der Waals surface area contributed by atoms with Crippen LogP contribution in [0, 0.1) is 17.2 Å². The number of carboxylic acids is 1. The van der Waals surface area contributed by atoms with Crippen LogP contribution in [-0.4, -0.2) is 38.8 Å². The second kappa shape index (κ2) is 6.16. The number of carboxylic acid groups (broad SMARTS) is 1. The molecule has 0 radical (unpaired) electrons. The lowest BCUT2D eigenvalue weighted by molar-refractivity contribution is -0.149. The van der Waals surface area contributed by atoms with Gasteiger partial charge in [-0.2, -0.15) is 5.10 Å². The van der Waals surface area contributed by atoms with Crippen LogP contribution >= 0.6 is 0 Å². The number of aromatic nitrogens is 2. The molecule has 1 saturated heterocycles. The van der Waals surface area contributed by atoms with Crippen LogP contribution in [0.25, 0.3) is 5.69 Å². The third-order valence-electron chi connectivity index (χ3n) is 6.83. The molecule has 1 aromatic heterocycles. The monoisotopic (exact) mass is 369 g/mol. The van der Waals surface area contributed by atoms with Gasteiger partial charge in [0.25, 0.3) is 0 Å². The summed E-state index contributed by atoms with van der Waals surface area (Å²) in [7, 11) is 0. The average molecular weight is 369 g/mol. The number of likely N-dealkylation sites (tertiary alicyclic amines) is 1. The summed E-state index contributed by atoms with van der Waals surface area (Å²) in [5, 5.41) is 14.7. The van der Waals surface area contributed by atoms with Crippen molar-refractivity contribution in [3.8, 4) is 5.69 Å². The van der Waals surface area contributed by atoms with E-state index in [0.29, 0.717) is 13.1 Å². The Morgan fingerprint density at radius 3 is 2.81 bits per heavy atom. The summed E-state index contributed by atoms with van der Waals surface area (Å²) in [5.74, 6) is -0.609. The molecular weight excluding hydrogens is 345 g/mol. The number of hydrogen-bond donors (Lipinski definition) is 1. The van der Waals surface area contributed by atoms with Crippen molar-refractivity contribution >= 4 is 5.97 Å². The summed E-state index contributed by atoms with van der Waals surface area (Å²) in [6, 6.07) is 6.47. The van der Waals surface area contributed by atoms with Crippen LogP contribution in [0.15, 0.2) is 24.3 Å². The number of halogens is 1. The molecule has 1 N–H and O–H groups in total. The maximum Gasteiger partial charge on any atom is 0.311 e. The molecule has 0 spiro atoms. The Kier molecular flexibility index (Phi) is 3.86. The van der Waals surface area contributed by atoms with Crippen molar-refractivity contribution in [3.05, 3.63) is 47.0 Å². The normalized spacial score (nSPS) is 27.1. The predicted octanol–water partition coefficient (Wildman–Crippen LogP) is 3.19. The molecule has 2 heterocycles. The van der Waals surface area contributed by atoms with Crippen LogP contribution in [0.2, 0.25) is 0 Å². The predicted molar refractivity (Wildman–Crippen MR) is 98.2 cm³/mol. The van der Waals surface area contributed by atoms with Crippen molar-refractivity contribution < 1.29 is 14.3 Å². The Morgan fingerprint density at radius 2 is 2.07 bits per heavy atom. The van der Waals surface area contributed by atoms with Crippen LogP contribution in [0.1, 0.15) is 42.6 Å². The minimum atomic E-state index is -0.630. The van der Waals surface area contributed by atoms with Crippen molar-refractivity contribution in [2.24, 2.45) is 11.3 Å². The number of hydrogen-bond acceptors (Lipinski definition) is 3. The maximum absolute atomic E-state index is 13.3. The average Bonchev–Trinajstić information content (AvgIpc) is 3.37. The number of benzene rings is 1. The highest BCUT2D eigenvalue weighted by molar-refractivity contribution is 5.76. The second-order valence-electron chi connectivity index (χ2n) is 8.33. The van der Waals surface area contributed by atoms with Gasteiger partial charge in [-0.25, -0.2) is 9.07 Å². The van der Waals surface area contributed by atoms with E-state index in [1.165, 1.54) is 23.4 Å². The fourth-order valence-electron chi connectivity index (χ4n) is 5.51. The zero-order valence-corrected chi connectivity index (χ0v) is 15.3. The molecule has 27 heavy (non-hydrogen) atoms. The van der Waals surface area contributed by atoms with E-state index in [4.69, 9.17) is 5.10 Å². The molecule has 2 aliphatic carbocycles. The van der Waals surface area contributed by atoms with Gasteiger partial charge in [0.1, 0.15) is 5.82 Å². The molecular formula is C21H24FN3O2. The van der Waals surface area contributed by atoms with Crippen molar-refractivity contribution in [1.82, 2.24) is 14.7 Å². The molecule has 1 aromatic carbocycles. The molecule has 3 aliphatic rings. The van der Waals surface area contributed by atoms with Gasteiger partial charge in [-0.1, -0.05) is 6.42 Å². The number of rotatable bonds is 4. The van der Waals surface area contributed by atoms with Crippen LogP contribution in [-0.2, 0) is 24.2 Å². The lowest BCUT2D eigenvalue weighted by Gasteiger charge is -2.23. The molecule has 142 valence electrons. The second-order valence-corrected chi connectivity index (χ2v) is 8.33. The maximum atomic E-state index is 13.3. The van der Waals surface area contributed by atoms with Gasteiger partial charge in [-0.15, -0.1) is 0 Å². The standard InChI is InChI=1S/C21H24FN3O2/c22-15-6-8-16(9-7-15)25-19-5-1-4-17(19)18(23-25)12-24-11-14-3-2-10-21(14,13-24)20(26)27/h6-9,14H,1-5,10-13H2,(H,26,27)/t14-,21+/m0/s1. The molecule has 0 amide bonds. The topological polar surface area (TPSA) is 58.4 Å².